The third-order valence-corrected chi connectivity index (χ3v) is 9.80. The minimum atomic E-state index is -0.844. The van der Waals surface area contributed by atoms with E-state index in [1.807, 2.05) is 36.4 Å². The monoisotopic (exact) mass is 578 g/mol. The summed E-state index contributed by atoms with van der Waals surface area (Å²) in [6.45, 7) is 7.00. The topological polar surface area (TPSA) is 146 Å². The number of thiophene rings is 1. The van der Waals surface area contributed by atoms with Crippen LogP contribution >= 0.6 is 11.3 Å². The van der Waals surface area contributed by atoms with Gasteiger partial charge in [-0.2, -0.15) is 20.2 Å². The van der Waals surface area contributed by atoms with Crippen LogP contribution < -0.4 is 26.0 Å². The number of nitrogens with two attached hydrogens (primary N) is 2. The Hall–Kier alpha value is -3.76. The normalized spacial score (nSPS) is 24.0. The van der Waals surface area contributed by atoms with Crippen molar-refractivity contribution in [3.05, 3.63) is 40.4 Å². The molecule has 0 aromatic carbocycles. The van der Waals surface area contributed by atoms with Gasteiger partial charge in [-0.1, -0.05) is 13.0 Å². The van der Waals surface area contributed by atoms with E-state index >= 15 is 0 Å². The Balaban J connectivity index is 1.29. The highest BCUT2D eigenvalue weighted by atomic mass is 32.1. The van der Waals surface area contributed by atoms with E-state index in [0.29, 0.717) is 60.9 Å². The van der Waals surface area contributed by atoms with Crippen LogP contribution in [0.5, 0.6) is 6.01 Å². The molecule has 0 saturated carbocycles. The lowest BCUT2D eigenvalue weighted by atomic mass is 9.75. The van der Waals surface area contributed by atoms with Crippen LogP contribution in [-0.4, -0.2) is 76.4 Å². The summed E-state index contributed by atoms with van der Waals surface area (Å²) in [6.07, 6.45) is 3.20. The highest BCUT2D eigenvalue weighted by molar-refractivity contribution is 7.14. The summed E-state index contributed by atoms with van der Waals surface area (Å²) in [5.74, 6) is 1.36. The van der Waals surface area contributed by atoms with E-state index in [4.69, 9.17) is 26.2 Å². The van der Waals surface area contributed by atoms with Gasteiger partial charge < -0.3 is 26.0 Å². The molecular formula is C28H35FN10OS. The quantitative estimate of drug-likeness (QED) is 0.406. The second-order valence-corrected chi connectivity index (χ2v) is 12.7. The lowest BCUT2D eigenvalue weighted by Crippen LogP contribution is -2.58. The molecule has 0 aliphatic carbocycles. The van der Waals surface area contributed by atoms with E-state index in [1.165, 1.54) is 11.3 Å². The van der Waals surface area contributed by atoms with E-state index in [0.717, 1.165) is 30.5 Å². The predicted molar refractivity (Wildman–Crippen MR) is 157 cm³/mol. The van der Waals surface area contributed by atoms with E-state index in [-0.39, 0.29) is 23.0 Å². The van der Waals surface area contributed by atoms with Gasteiger partial charge in [-0.25, -0.2) is 9.37 Å². The van der Waals surface area contributed by atoms with Crippen molar-refractivity contribution >= 4 is 34.1 Å². The number of rotatable bonds is 8. The molecule has 0 spiro atoms. The van der Waals surface area contributed by atoms with Gasteiger partial charge in [0.15, 0.2) is 0 Å². The van der Waals surface area contributed by atoms with Crippen molar-refractivity contribution in [3.8, 4) is 12.1 Å². The van der Waals surface area contributed by atoms with Crippen LogP contribution in [0, 0.1) is 11.3 Å². The molecule has 3 aromatic heterocycles. The Labute approximate surface area is 243 Å². The van der Waals surface area contributed by atoms with E-state index in [9.17, 15) is 9.65 Å². The van der Waals surface area contributed by atoms with Crippen molar-refractivity contribution in [1.82, 2.24) is 24.8 Å². The molecule has 0 amide bonds. The fourth-order valence-electron chi connectivity index (χ4n) is 6.55. The molecule has 41 heavy (non-hydrogen) atoms. The van der Waals surface area contributed by atoms with Crippen molar-refractivity contribution in [2.24, 2.45) is 0 Å². The standard InChI is InChI=1S/C28H35FN10OS/c1-17(19-6-4-8-33-22(19)31)37(3)24-34-25(38-14-27(2,15-38)21-13-41-23(32)20(21)11-30)36-26(35-24)40-16-28-7-5-9-39(28)12-18(29)10-28/h4,6,8,13,17-18H,5,7,9-10,12,14-16,32H2,1-3H3,(H2,31,33)/t17-,18-,28+/m1/s1. The van der Waals surface area contributed by atoms with Crippen LogP contribution in [0.4, 0.5) is 27.1 Å². The molecule has 13 heteroatoms. The number of halogens is 1. The number of nitrogens with zero attached hydrogens (tertiary/aromatic N) is 8. The van der Waals surface area contributed by atoms with Crippen LogP contribution in [0.15, 0.2) is 23.7 Å². The molecule has 3 aliphatic rings. The zero-order valence-corrected chi connectivity index (χ0v) is 24.4. The van der Waals surface area contributed by atoms with E-state index in [1.54, 1.807) is 6.20 Å². The highest BCUT2D eigenvalue weighted by Gasteiger charge is 2.49. The minimum absolute atomic E-state index is 0.175. The summed E-state index contributed by atoms with van der Waals surface area (Å²) in [6, 6.07) is 6.07. The maximum atomic E-state index is 14.4. The first kappa shape index (κ1) is 27.4. The van der Waals surface area contributed by atoms with Crippen LogP contribution in [0.25, 0.3) is 0 Å². The van der Waals surface area contributed by atoms with E-state index < -0.39 is 6.17 Å². The van der Waals surface area contributed by atoms with Crippen molar-refractivity contribution in [2.75, 3.05) is 61.1 Å². The molecule has 3 aliphatic heterocycles. The number of ether oxygens (including phenoxy) is 1. The Bertz CT molecular complexity index is 1490. The molecule has 216 valence electrons. The van der Waals surface area contributed by atoms with Gasteiger partial charge in [-0.15, -0.1) is 11.3 Å². The predicted octanol–water partition coefficient (Wildman–Crippen LogP) is 3.29. The minimum Gasteiger partial charge on any atom is -0.461 e. The Morgan fingerprint density at radius 3 is 2.88 bits per heavy atom. The number of anilines is 4. The molecule has 4 N–H and O–H groups in total. The van der Waals surface area contributed by atoms with Gasteiger partial charge in [-0.05, 0) is 43.3 Å². The third kappa shape index (κ3) is 4.78. The second-order valence-electron chi connectivity index (χ2n) is 11.8. The lowest BCUT2D eigenvalue weighted by molar-refractivity contribution is 0.107. The number of nitrogen functional groups attached to an aromatic ring is 2. The fourth-order valence-corrected chi connectivity index (χ4v) is 7.47. The first-order valence-electron chi connectivity index (χ1n) is 13.9. The van der Waals surface area contributed by atoms with Crippen LogP contribution in [0.1, 0.15) is 55.8 Å². The van der Waals surface area contributed by atoms with Gasteiger partial charge in [0.05, 0.1) is 17.1 Å². The molecule has 3 saturated heterocycles. The summed E-state index contributed by atoms with van der Waals surface area (Å²) in [4.78, 5) is 24.6. The van der Waals surface area contributed by atoms with Crippen molar-refractivity contribution in [1.29, 1.82) is 5.26 Å². The van der Waals surface area contributed by atoms with Gasteiger partial charge in [0, 0.05) is 50.3 Å². The van der Waals surface area contributed by atoms with E-state index in [2.05, 4.69) is 32.8 Å². The maximum Gasteiger partial charge on any atom is 0.323 e. The van der Waals surface area contributed by atoms with Crippen molar-refractivity contribution in [2.45, 2.75) is 56.3 Å². The van der Waals surface area contributed by atoms with Crippen LogP contribution in [0.2, 0.25) is 0 Å². The first-order chi connectivity index (χ1) is 19.6. The summed E-state index contributed by atoms with van der Waals surface area (Å²) >= 11 is 1.39. The number of alkyl halides is 1. The van der Waals surface area contributed by atoms with Gasteiger partial charge >= 0.3 is 6.01 Å². The lowest BCUT2D eigenvalue weighted by Gasteiger charge is -2.48. The summed E-state index contributed by atoms with van der Waals surface area (Å²) in [5, 5.41) is 12.2. The number of aromatic nitrogens is 4. The average Bonchev–Trinajstić information content (AvgIpc) is 3.60. The maximum absolute atomic E-state index is 14.4. The Morgan fingerprint density at radius 2 is 2.12 bits per heavy atom. The summed E-state index contributed by atoms with van der Waals surface area (Å²) < 4.78 is 20.6. The Kier molecular flexibility index (Phi) is 6.86. The number of hydrogen-bond acceptors (Lipinski definition) is 12. The number of hydrogen-bond donors (Lipinski definition) is 2. The summed E-state index contributed by atoms with van der Waals surface area (Å²) in [5.41, 5.74) is 14.0. The van der Waals surface area contributed by atoms with Gasteiger partial charge in [0.25, 0.3) is 0 Å². The average molecular weight is 579 g/mol. The molecule has 3 aromatic rings. The number of nitriles is 1. The SMILES string of the molecule is C[C@H](c1cccnc1N)N(C)c1nc(OC[C@@]23CCCN2C[C@H](F)C3)nc(N2CC(C)(c3csc(N)c3C#N)C2)n1. The number of pyridine rings is 1. The molecule has 3 atom stereocenters. The Morgan fingerprint density at radius 1 is 1.32 bits per heavy atom. The zero-order chi connectivity index (χ0) is 28.9. The smallest absolute Gasteiger partial charge is 0.323 e. The highest BCUT2D eigenvalue weighted by Crippen LogP contribution is 2.43. The third-order valence-electron chi connectivity index (χ3n) is 8.98. The fraction of sp³-hybridized carbons (Fsp3) is 0.536. The molecule has 11 nitrogen and oxygen atoms in total. The molecule has 0 bridgehead atoms. The zero-order valence-electron chi connectivity index (χ0n) is 23.5. The first-order valence-corrected chi connectivity index (χ1v) is 14.7. The molecule has 3 fully saturated rings. The molecule has 6 heterocycles. The van der Waals surface area contributed by atoms with Crippen molar-refractivity contribution < 1.29 is 9.13 Å². The molecule has 6 rings (SSSR count). The van der Waals surface area contributed by atoms with Gasteiger partial charge in [0.1, 0.15) is 29.7 Å². The molecule has 0 radical (unpaired) electrons. The molecular weight excluding hydrogens is 543 g/mol. The molecule has 0 unspecified atom stereocenters. The summed E-state index contributed by atoms with van der Waals surface area (Å²) in [7, 11) is 1.90. The van der Waals surface area contributed by atoms with Crippen molar-refractivity contribution in [3.63, 3.8) is 0 Å². The largest absolute Gasteiger partial charge is 0.461 e. The van der Waals surface area contributed by atoms with Gasteiger partial charge in [0.2, 0.25) is 11.9 Å². The second kappa shape index (κ2) is 10.3. The van der Waals surface area contributed by atoms with Crippen LogP contribution in [0.3, 0.4) is 0 Å². The van der Waals surface area contributed by atoms with Crippen LogP contribution in [-0.2, 0) is 5.41 Å². The van der Waals surface area contributed by atoms with Gasteiger partial charge in [-0.3, -0.25) is 4.90 Å². The number of fused-ring (bicyclic) bond motifs is 1.